The van der Waals surface area contributed by atoms with Crippen LogP contribution in [-0.4, -0.2) is 8.80 Å². The van der Waals surface area contributed by atoms with E-state index in [2.05, 4.69) is 46.1 Å². The maximum Gasteiger partial charge on any atom is 0.122 e. The molecule has 0 radical (unpaired) electrons. The first-order valence-corrected chi connectivity index (χ1v) is 6.73. The molecule has 0 aliphatic rings. The van der Waals surface area contributed by atoms with Crippen molar-refractivity contribution in [2.24, 2.45) is 5.41 Å². The van der Waals surface area contributed by atoms with E-state index in [0.717, 1.165) is 0 Å². The van der Waals surface area contributed by atoms with Crippen molar-refractivity contribution in [1.29, 1.82) is 0 Å². The van der Waals surface area contributed by atoms with Crippen molar-refractivity contribution in [1.82, 2.24) is 0 Å². The fraction of sp³-hybridized carbons (Fsp3) is 0.800. The summed E-state index contributed by atoms with van der Waals surface area (Å²) in [7, 11) is -0.653. The van der Waals surface area contributed by atoms with Gasteiger partial charge in [0.2, 0.25) is 0 Å². The lowest BCUT2D eigenvalue weighted by Gasteiger charge is -2.08. The Balaban J connectivity index is 4.04. The first-order valence-electron chi connectivity index (χ1n) is 4.52. The van der Waals surface area contributed by atoms with E-state index in [1.54, 1.807) is 0 Å². The van der Waals surface area contributed by atoms with Crippen LogP contribution in [0.2, 0.25) is 12.1 Å². The monoisotopic (exact) mass is 168 g/mol. The molecule has 0 aromatic heterocycles. The molecule has 0 N–H and O–H groups in total. The molecule has 0 nitrogen and oxygen atoms in total. The van der Waals surface area contributed by atoms with Crippen LogP contribution in [0.3, 0.4) is 0 Å². The van der Waals surface area contributed by atoms with E-state index in [1.165, 1.54) is 12.1 Å². The fourth-order valence-electron chi connectivity index (χ4n) is 0.811. The van der Waals surface area contributed by atoms with Crippen LogP contribution in [0.5, 0.6) is 0 Å². The average molecular weight is 168 g/mol. The second kappa shape index (κ2) is 4.61. The van der Waals surface area contributed by atoms with Crippen LogP contribution >= 0.6 is 0 Å². The van der Waals surface area contributed by atoms with E-state index < -0.39 is 8.80 Å². The van der Waals surface area contributed by atoms with E-state index in [0.29, 0.717) is 0 Å². The summed E-state index contributed by atoms with van der Waals surface area (Å²) in [5.41, 5.74) is 3.65. The highest BCUT2D eigenvalue weighted by Gasteiger charge is 2.05. The van der Waals surface area contributed by atoms with Crippen LogP contribution in [0.25, 0.3) is 0 Å². The summed E-state index contributed by atoms with van der Waals surface area (Å²) in [6, 6.07) is 2.64. The molecule has 0 spiro atoms. The first kappa shape index (κ1) is 10.8. The Labute approximate surface area is 73.0 Å². The zero-order chi connectivity index (χ0) is 8.91. The molecule has 0 amide bonds. The third-order valence-electron chi connectivity index (χ3n) is 1.64. The van der Waals surface area contributed by atoms with Gasteiger partial charge in [0.25, 0.3) is 0 Å². The SMILES string of the molecule is CC[SiH](C#CC(C)(C)C)CC. The van der Waals surface area contributed by atoms with E-state index in [-0.39, 0.29) is 5.41 Å². The summed E-state index contributed by atoms with van der Waals surface area (Å²) in [6.07, 6.45) is 0. The zero-order valence-electron chi connectivity index (χ0n) is 8.49. The van der Waals surface area contributed by atoms with Crippen molar-refractivity contribution in [2.75, 3.05) is 0 Å². The second-order valence-electron chi connectivity index (χ2n) is 4.03. The maximum absolute atomic E-state index is 3.45. The highest BCUT2D eigenvalue weighted by atomic mass is 28.3. The Morgan fingerprint density at radius 3 is 1.82 bits per heavy atom. The molecule has 0 heterocycles. The van der Waals surface area contributed by atoms with Gasteiger partial charge in [-0.1, -0.05) is 25.9 Å². The molecule has 0 aliphatic carbocycles. The van der Waals surface area contributed by atoms with Gasteiger partial charge in [0.05, 0.1) is 0 Å². The van der Waals surface area contributed by atoms with E-state index >= 15 is 0 Å². The minimum absolute atomic E-state index is 0.204. The molecule has 0 bridgehead atoms. The standard InChI is InChI=1S/C10H20Si/c1-6-11(7-2)9-8-10(3,4)5/h11H,6-7H2,1-5H3. The smallest absolute Gasteiger partial charge is 0.122 e. The second-order valence-corrected chi connectivity index (χ2v) is 7.35. The third-order valence-corrected chi connectivity index (χ3v) is 4.16. The van der Waals surface area contributed by atoms with Gasteiger partial charge in [0.1, 0.15) is 8.80 Å². The van der Waals surface area contributed by atoms with Crippen LogP contribution in [0, 0.1) is 16.9 Å². The van der Waals surface area contributed by atoms with E-state index in [4.69, 9.17) is 0 Å². The van der Waals surface area contributed by atoms with Crippen molar-refractivity contribution in [3.8, 4) is 11.5 Å². The lowest BCUT2D eigenvalue weighted by atomic mass is 9.99. The summed E-state index contributed by atoms with van der Waals surface area (Å²) in [6.45, 7) is 11.1. The molecule has 0 rings (SSSR count). The molecule has 0 atom stereocenters. The lowest BCUT2D eigenvalue weighted by Crippen LogP contribution is -2.08. The Kier molecular flexibility index (Phi) is 4.52. The number of hydrogen-bond acceptors (Lipinski definition) is 0. The number of rotatable bonds is 2. The summed E-state index contributed by atoms with van der Waals surface area (Å²) in [5, 5.41) is 0. The van der Waals surface area contributed by atoms with Crippen molar-refractivity contribution < 1.29 is 0 Å². The highest BCUT2D eigenvalue weighted by molar-refractivity contribution is 6.67. The molecule has 0 unspecified atom stereocenters. The molecular weight excluding hydrogens is 148 g/mol. The number of hydrogen-bond donors (Lipinski definition) is 0. The van der Waals surface area contributed by atoms with Gasteiger partial charge in [0, 0.05) is 5.41 Å². The quantitative estimate of drug-likeness (QED) is 0.439. The average Bonchev–Trinajstić information content (AvgIpc) is 1.88. The van der Waals surface area contributed by atoms with Gasteiger partial charge in [-0.25, -0.2) is 0 Å². The Hall–Kier alpha value is -0.223. The molecule has 64 valence electrons. The van der Waals surface area contributed by atoms with Gasteiger partial charge < -0.3 is 0 Å². The van der Waals surface area contributed by atoms with E-state index in [1.807, 2.05) is 0 Å². The normalized spacial score (nSPS) is 11.1. The summed E-state index contributed by atoms with van der Waals surface area (Å²) in [5.74, 6) is 3.34. The molecule has 0 fully saturated rings. The largest absolute Gasteiger partial charge is 0.135 e. The van der Waals surface area contributed by atoms with Crippen molar-refractivity contribution >= 4 is 8.80 Å². The predicted molar refractivity (Wildman–Crippen MR) is 55.3 cm³/mol. The summed E-state index contributed by atoms with van der Waals surface area (Å²) < 4.78 is 0. The molecule has 0 saturated carbocycles. The molecular formula is C10H20Si. The predicted octanol–water partition coefficient (Wildman–Crippen LogP) is 2.84. The maximum atomic E-state index is 3.45. The van der Waals surface area contributed by atoms with Crippen molar-refractivity contribution in [3.63, 3.8) is 0 Å². The van der Waals surface area contributed by atoms with Gasteiger partial charge >= 0.3 is 0 Å². The van der Waals surface area contributed by atoms with Crippen LogP contribution in [0.15, 0.2) is 0 Å². The van der Waals surface area contributed by atoms with Gasteiger partial charge in [-0.05, 0) is 20.8 Å². The topological polar surface area (TPSA) is 0 Å². The molecule has 0 aromatic carbocycles. The van der Waals surface area contributed by atoms with E-state index in [9.17, 15) is 0 Å². The first-order chi connectivity index (χ1) is 4.99. The minimum atomic E-state index is -0.653. The Morgan fingerprint density at radius 1 is 1.09 bits per heavy atom. The van der Waals surface area contributed by atoms with Crippen LogP contribution < -0.4 is 0 Å². The van der Waals surface area contributed by atoms with Crippen LogP contribution in [-0.2, 0) is 0 Å². The molecule has 11 heavy (non-hydrogen) atoms. The molecule has 0 aromatic rings. The molecule has 0 saturated heterocycles. The van der Waals surface area contributed by atoms with Gasteiger partial charge in [-0.3, -0.25) is 0 Å². The highest BCUT2D eigenvalue weighted by Crippen LogP contribution is 2.10. The van der Waals surface area contributed by atoms with Crippen molar-refractivity contribution in [3.05, 3.63) is 0 Å². The zero-order valence-corrected chi connectivity index (χ0v) is 9.65. The van der Waals surface area contributed by atoms with Crippen LogP contribution in [0.1, 0.15) is 34.6 Å². The molecule has 0 aliphatic heterocycles. The fourth-order valence-corrected chi connectivity index (χ4v) is 2.43. The summed E-state index contributed by atoms with van der Waals surface area (Å²) in [4.78, 5) is 0. The van der Waals surface area contributed by atoms with Gasteiger partial charge in [-0.15, -0.1) is 11.5 Å². The summed E-state index contributed by atoms with van der Waals surface area (Å²) >= 11 is 0. The van der Waals surface area contributed by atoms with Gasteiger partial charge in [0.15, 0.2) is 0 Å². The lowest BCUT2D eigenvalue weighted by molar-refractivity contribution is 0.571. The minimum Gasteiger partial charge on any atom is -0.135 e. The Morgan fingerprint density at radius 2 is 1.55 bits per heavy atom. The third kappa shape index (κ3) is 6.19. The van der Waals surface area contributed by atoms with Crippen LogP contribution in [0.4, 0.5) is 0 Å². The van der Waals surface area contributed by atoms with Crippen molar-refractivity contribution in [2.45, 2.75) is 46.7 Å². The molecule has 1 heteroatoms. The Bertz CT molecular complexity index is 150. The van der Waals surface area contributed by atoms with Gasteiger partial charge in [-0.2, -0.15) is 0 Å².